The lowest BCUT2D eigenvalue weighted by Gasteiger charge is -2.16. The van der Waals surface area contributed by atoms with Crippen LogP contribution in [0.2, 0.25) is 0 Å². The van der Waals surface area contributed by atoms with E-state index in [1.807, 2.05) is 31.1 Å². The fourth-order valence-electron chi connectivity index (χ4n) is 2.76. The van der Waals surface area contributed by atoms with Crippen LogP contribution in [0.4, 0.5) is 0 Å². The molecule has 0 radical (unpaired) electrons. The summed E-state index contributed by atoms with van der Waals surface area (Å²) in [6, 6.07) is 16.5. The number of para-hydroxylation sites is 2. The summed E-state index contributed by atoms with van der Waals surface area (Å²) in [5.41, 5.74) is 2.25. The lowest BCUT2D eigenvalue weighted by Crippen LogP contribution is -2.24. The van der Waals surface area contributed by atoms with E-state index in [2.05, 4.69) is 28.8 Å². The molecular weight excluding hydrogens is 314 g/mol. The maximum Gasteiger partial charge on any atom is 0.303 e. The molecule has 0 saturated heterocycles. The number of carbonyl (C=O) groups excluding carboxylic acids is 2. The summed E-state index contributed by atoms with van der Waals surface area (Å²) in [5, 5.41) is 2.40. The number of hydrogen-bond acceptors (Lipinski definition) is 3. The highest BCUT2D eigenvalue weighted by Gasteiger charge is 2.16. The molecule has 0 bridgehead atoms. The predicted octanol–water partition coefficient (Wildman–Crippen LogP) is 3.78. The van der Waals surface area contributed by atoms with Crippen molar-refractivity contribution in [1.29, 1.82) is 0 Å². The monoisotopic (exact) mass is 331 g/mol. The van der Waals surface area contributed by atoms with Crippen molar-refractivity contribution >= 4 is 46.2 Å². The Morgan fingerprint density at radius 2 is 1.57 bits per heavy atom. The van der Waals surface area contributed by atoms with E-state index in [-0.39, 0.29) is 18.0 Å². The molecule has 2 aromatic carbocycles. The van der Waals surface area contributed by atoms with Gasteiger partial charge in [0, 0.05) is 28.7 Å². The summed E-state index contributed by atoms with van der Waals surface area (Å²) < 4.78 is 7.45. The predicted molar refractivity (Wildman–Crippen MR) is 92.8 cm³/mol. The van der Waals surface area contributed by atoms with Crippen molar-refractivity contribution in [2.75, 3.05) is 5.88 Å². The van der Waals surface area contributed by atoms with Crippen LogP contribution in [0.3, 0.4) is 0 Å². The van der Waals surface area contributed by atoms with Crippen molar-refractivity contribution in [3.8, 4) is 0 Å². The Balaban J connectivity index is 0.000000924. The normalized spacial score (nSPS) is 11.7. The van der Waals surface area contributed by atoms with Gasteiger partial charge in [0.2, 0.25) is 0 Å². The van der Waals surface area contributed by atoms with Crippen molar-refractivity contribution in [2.24, 2.45) is 0 Å². The third-order valence-electron chi connectivity index (χ3n) is 3.57. The minimum absolute atomic E-state index is 0.278. The van der Waals surface area contributed by atoms with Gasteiger partial charge in [0.25, 0.3) is 0 Å². The van der Waals surface area contributed by atoms with E-state index in [9.17, 15) is 4.79 Å². The number of ether oxygens (including phenoxy) is 1. The van der Waals surface area contributed by atoms with Gasteiger partial charge in [-0.1, -0.05) is 36.4 Å². The molecule has 120 valence electrons. The first-order chi connectivity index (χ1) is 11.2. The number of alkyl halides is 1. The zero-order chi connectivity index (χ0) is 16.8. The quantitative estimate of drug-likeness (QED) is 0.540. The molecule has 1 aromatic heterocycles. The van der Waals surface area contributed by atoms with Gasteiger partial charge in [-0.2, -0.15) is 0 Å². The summed E-state index contributed by atoms with van der Waals surface area (Å²) in [6.07, 6.45) is -0.330. The van der Waals surface area contributed by atoms with Crippen molar-refractivity contribution < 1.29 is 14.3 Å². The number of aromatic nitrogens is 1. The van der Waals surface area contributed by atoms with Crippen LogP contribution in [0.1, 0.15) is 6.92 Å². The highest BCUT2D eigenvalue weighted by molar-refractivity contribution is 6.18. The Morgan fingerprint density at radius 1 is 1.09 bits per heavy atom. The molecule has 0 saturated carbocycles. The van der Waals surface area contributed by atoms with E-state index in [4.69, 9.17) is 21.1 Å². The van der Waals surface area contributed by atoms with Gasteiger partial charge < -0.3 is 14.1 Å². The molecule has 3 rings (SSSR count). The van der Waals surface area contributed by atoms with Gasteiger partial charge >= 0.3 is 5.97 Å². The lowest BCUT2D eigenvalue weighted by atomic mass is 10.2. The Labute approximate surface area is 139 Å². The second-order valence-corrected chi connectivity index (χ2v) is 5.34. The van der Waals surface area contributed by atoms with E-state index < -0.39 is 0 Å². The summed E-state index contributed by atoms with van der Waals surface area (Å²) in [7, 11) is 0. The molecule has 3 aromatic rings. The van der Waals surface area contributed by atoms with Crippen molar-refractivity contribution in [1.82, 2.24) is 4.57 Å². The number of halogens is 1. The summed E-state index contributed by atoms with van der Waals surface area (Å²) in [4.78, 5) is 19.2. The van der Waals surface area contributed by atoms with E-state index in [1.165, 1.54) is 17.7 Å². The minimum Gasteiger partial charge on any atom is -0.459 e. The smallest absolute Gasteiger partial charge is 0.303 e. The molecule has 4 nitrogen and oxygen atoms in total. The Morgan fingerprint density at radius 3 is 2.00 bits per heavy atom. The van der Waals surface area contributed by atoms with E-state index >= 15 is 0 Å². The molecule has 1 heterocycles. The molecule has 5 heteroatoms. The molecule has 1 unspecified atom stereocenters. The molecule has 0 fully saturated rings. The summed E-state index contributed by atoms with van der Waals surface area (Å²) in [6.45, 7) is 3.96. The fourth-order valence-corrected chi connectivity index (χ4v) is 2.92. The van der Waals surface area contributed by atoms with Crippen LogP contribution in [0.25, 0.3) is 21.8 Å². The van der Waals surface area contributed by atoms with E-state index in [1.54, 1.807) is 0 Å². The number of benzene rings is 2. The molecule has 0 spiro atoms. The summed E-state index contributed by atoms with van der Waals surface area (Å²) in [5.74, 6) is -0.0261. The number of nitrogens with zero attached hydrogens (tertiary/aromatic N) is 1. The first kappa shape index (κ1) is 17.0. The zero-order valence-electron chi connectivity index (χ0n) is 12.9. The fraction of sp³-hybridized carbons (Fsp3) is 0.222. The van der Waals surface area contributed by atoms with Crippen molar-refractivity contribution in [3.63, 3.8) is 0 Å². The van der Waals surface area contributed by atoms with Gasteiger partial charge in [0.15, 0.2) is 0 Å². The number of hydrogen-bond donors (Lipinski definition) is 0. The van der Waals surface area contributed by atoms with Gasteiger partial charge in [-0.25, -0.2) is 0 Å². The topological polar surface area (TPSA) is 48.3 Å². The second kappa shape index (κ2) is 7.79. The largest absolute Gasteiger partial charge is 0.459 e. The van der Waals surface area contributed by atoms with Crippen molar-refractivity contribution in [2.45, 2.75) is 19.6 Å². The first-order valence-electron chi connectivity index (χ1n) is 7.18. The van der Waals surface area contributed by atoms with Crippen LogP contribution in [0, 0.1) is 0 Å². The maximum atomic E-state index is 11.2. The number of fused-ring (bicyclic) bond motifs is 3. The van der Waals surface area contributed by atoms with Gasteiger partial charge in [0.1, 0.15) is 12.9 Å². The van der Waals surface area contributed by atoms with Crippen molar-refractivity contribution in [3.05, 3.63) is 48.5 Å². The van der Waals surface area contributed by atoms with Crippen LogP contribution in [-0.4, -0.2) is 29.3 Å². The minimum atomic E-state index is -0.330. The zero-order valence-corrected chi connectivity index (χ0v) is 13.6. The number of rotatable bonds is 4. The molecule has 0 amide bonds. The molecule has 1 atom stereocenters. The van der Waals surface area contributed by atoms with E-state index in [0.29, 0.717) is 6.54 Å². The van der Waals surface area contributed by atoms with E-state index in [0.717, 1.165) is 11.0 Å². The van der Waals surface area contributed by atoms with Crippen LogP contribution in [0.5, 0.6) is 0 Å². The third-order valence-corrected chi connectivity index (χ3v) is 3.92. The average molecular weight is 332 g/mol. The second-order valence-electron chi connectivity index (χ2n) is 5.03. The molecule has 0 aliphatic carbocycles. The number of esters is 1. The van der Waals surface area contributed by atoms with Gasteiger partial charge in [0.05, 0.1) is 12.4 Å². The molecule has 23 heavy (non-hydrogen) atoms. The van der Waals surface area contributed by atoms with Gasteiger partial charge in [-0.3, -0.25) is 4.79 Å². The third kappa shape index (κ3) is 3.54. The van der Waals surface area contributed by atoms with Crippen LogP contribution < -0.4 is 0 Å². The summed E-state index contributed by atoms with van der Waals surface area (Å²) >= 11 is 5.94. The maximum absolute atomic E-state index is 11.2. The Kier molecular flexibility index (Phi) is 5.77. The SMILES string of the molecule is C=O.CC(=O)OC(CCl)Cn1c2ccccc2c2ccccc21. The number of carbonyl (C=O) groups is 2. The van der Waals surface area contributed by atoms with Crippen LogP contribution in [-0.2, 0) is 20.9 Å². The lowest BCUT2D eigenvalue weighted by molar-refractivity contribution is -0.145. The molecule has 0 N–H and O–H groups in total. The Hall–Kier alpha value is -2.33. The first-order valence-corrected chi connectivity index (χ1v) is 7.72. The molecular formula is C18H18ClNO3. The highest BCUT2D eigenvalue weighted by atomic mass is 35.5. The standard InChI is InChI=1S/C17H16ClNO2.CH2O/c1-12(20)21-13(10-18)11-19-16-8-4-2-6-14(16)15-7-3-5-9-17(15)19;1-2/h2-9,13H,10-11H2,1H3;1H2. The van der Waals surface area contributed by atoms with Gasteiger partial charge in [-0.05, 0) is 12.1 Å². The Bertz CT molecular complexity index is 759. The molecule has 0 aliphatic rings. The molecule has 0 aliphatic heterocycles. The van der Waals surface area contributed by atoms with Gasteiger partial charge in [-0.15, -0.1) is 11.6 Å². The van der Waals surface area contributed by atoms with Crippen LogP contribution >= 0.6 is 11.6 Å². The van der Waals surface area contributed by atoms with Crippen LogP contribution in [0.15, 0.2) is 48.5 Å². The highest BCUT2D eigenvalue weighted by Crippen LogP contribution is 2.29. The average Bonchev–Trinajstić information content (AvgIpc) is 2.90.